The Morgan fingerprint density at radius 3 is 2.78 bits per heavy atom. The van der Waals surface area contributed by atoms with Crippen molar-refractivity contribution >= 4 is 21.6 Å². The predicted molar refractivity (Wildman–Crippen MR) is 72.2 cm³/mol. The number of benzene rings is 1. The zero-order chi connectivity index (χ0) is 13.3. The van der Waals surface area contributed by atoms with Gasteiger partial charge in [0.2, 0.25) is 10.0 Å². The lowest BCUT2D eigenvalue weighted by Crippen LogP contribution is -2.45. The molecule has 4 nitrogen and oxygen atoms in total. The van der Waals surface area contributed by atoms with Crippen molar-refractivity contribution < 1.29 is 8.42 Å². The Morgan fingerprint density at radius 1 is 1.44 bits per heavy atom. The van der Waals surface area contributed by atoms with Crippen molar-refractivity contribution in [2.24, 2.45) is 5.73 Å². The molecule has 2 rings (SSSR count). The van der Waals surface area contributed by atoms with Crippen LogP contribution in [0, 0.1) is 6.92 Å². The van der Waals surface area contributed by atoms with E-state index < -0.39 is 10.0 Å². The molecule has 1 heterocycles. The van der Waals surface area contributed by atoms with Gasteiger partial charge in [0.1, 0.15) is 4.90 Å². The van der Waals surface area contributed by atoms with Gasteiger partial charge in [0.05, 0.1) is 5.02 Å². The molecule has 0 aliphatic carbocycles. The number of piperidine rings is 1. The number of nitrogens with zero attached hydrogens (tertiary/aromatic N) is 1. The van der Waals surface area contributed by atoms with Crippen molar-refractivity contribution in [1.29, 1.82) is 0 Å². The van der Waals surface area contributed by atoms with E-state index in [0.717, 1.165) is 18.4 Å². The Bertz CT molecular complexity index is 545. The number of aryl methyl sites for hydroxylation is 1. The van der Waals surface area contributed by atoms with Gasteiger partial charge in [-0.15, -0.1) is 0 Å². The van der Waals surface area contributed by atoms with Crippen molar-refractivity contribution in [1.82, 2.24) is 4.31 Å². The molecule has 0 spiro atoms. The van der Waals surface area contributed by atoms with Crippen molar-refractivity contribution in [3.05, 3.63) is 28.8 Å². The summed E-state index contributed by atoms with van der Waals surface area (Å²) in [6.45, 7) is 2.76. The molecule has 2 N–H and O–H groups in total. The van der Waals surface area contributed by atoms with Gasteiger partial charge in [0.25, 0.3) is 0 Å². The van der Waals surface area contributed by atoms with Gasteiger partial charge in [0, 0.05) is 19.1 Å². The Morgan fingerprint density at radius 2 is 2.17 bits per heavy atom. The number of rotatable bonds is 2. The van der Waals surface area contributed by atoms with E-state index in [4.69, 9.17) is 17.3 Å². The van der Waals surface area contributed by atoms with Crippen LogP contribution >= 0.6 is 11.6 Å². The molecule has 1 aliphatic heterocycles. The Labute approximate surface area is 113 Å². The van der Waals surface area contributed by atoms with Crippen LogP contribution in [0.5, 0.6) is 0 Å². The molecule has 0 unspecified atom stereocenters. The standard InChI is InChI=1S/C12H17ClN2O2S/c1-9-4-5-12(11(13)7-9)18(16,17)15-6-2-3-10(14)8-15/h4-5,7,10H,2-3,6,8,14H2,1H3/t10-/m0/s1. The molecule has 0 amide bonds. The van der Waals surface area contributed by atoms with Gasteiger partial charge in [-0.25, -0.2) is 8.42 Å². The third kappa shape index (κ3) is 2.69. The molecule has 1 fully saturated rings. The highest BCUT2D eigenvalue weighted by atomic mass is 35.5. The molecule has 0 radical (unpaired) electrons. The zero-order valence-electron chi connectivity index (χ0n) is 10.3. The fourth-order valence-electron chi connectivity index (χ4n) is 2.15. The first-order valence-corrected chi connectivity index (χ1v) is 7.75. The number of hydrogen-bond acceptors (Lipinski definition) is 3. The minimum absolute atomic E-state index is 0.0854. The average Bonchev–Trinajstić information content (AvgIpc) is 2.28. The average molecular weight is 289 g/mol. The molecule has 1 aromatic carbocycles. The second-order valence-corrected chi connectivity index (χ2v) is 7.01. The minimum atomic E-state index is -3.52. The third-order valence-corrected chi connectivity index (χ3v) is 5.47. The van der Waals surface area contributed by atoms with Crippen LogP contribution in [-0.2, 0) is 10.0 Å². The van der Waals surface area contributed by atoms with Crippen LogP contribution < -0.4 is 5.73 Å². The summed E-state index contributed by atoms with van der Waals surface area (Å²) < 4.78 is 26.3. The van der Waals surface area contributed by atoms with Crippen molar-refractivity contribution in [3.8, 4) is 0 Å². The Hall–Kier alpha value is -0.620. The first kappa shape index (κ1) is 13.8. The van der Waals surface area contributed by atoms with Crippen LogP contribution in [0.3, 0.4) is 0 Å². The highest BCUT2D eigenvalue weighted by Crippen LogP contribution is 2.27. The molecular formula is C12H17ClN2O2S. The molecule has 0 aromatic heterocycles. The Balaban J connectivity index is 2.35. The molecule has 1 aliphatic rings. The van der Waals surface area contributed by atoms with Crippen LogP contribution in [0.25, 0.3) is 0 Å². The lowest BCUT2D eigenvalue weighted by atomic mass is 10.1. The summed E-state index contributed by atoms with van der Waals surface area (Å²) in [4.78, 5) is 0.170. The summed E-state index contributed by atoms with van der Waals surface area (Å²) in [6, 6.07) is 4.89. The predicted octanol–water partition coefficient (Wildman–Crippen LogP) is 1.76. The van der Waals surface area contributed by atoms with Gasteiger partial charge in [-0.3, -0.25) is 0 Å². The quantitative estimate of drug-likeness (QED) is 0.902. The minimum Gasteiger partial charge on any atom is -0.327 e. The van der Waals surface area contributed by atoms with Gasteiger partial charge in [0.15, 0.2) is 0 Å². The van der Waals surface area contributed by atoms with Crippen molar-refractivity contribution in [2.75, 3.05) is 13.1 Å². The highest BCUT2D eigenvalue weighted by Gasteiger charge is 2.30. The Kier molecular flexibility index (Phi) is 3.96. The summed E-state index contributed by atoms with van der Waals surface area (Å²) >= 11 is 6.03. The van der Waals surface area contributed by atoms with E-state index in [9.17, 15) is 8.42 Å². The maximum Gasteiger partial charge on any atom is 0.244 e. The monoisotopic (exact) mass is 288 g/mol. The van der Waals surface area contributed by atoms with Crippen LogP contribution in [0.2, 0.25) is 5.02 Å². The van der Waals surface area contributed by atoms with E-state index in [2.05, 4.69) is 0 Å². The van der Waals surface area contributed by atoms with E-state index in [-0.39, 0.29) is 16.0 Å². The molecular weight excluding hydrogens is 272 g/mol. The molecule has 6 heteroatoms. The second kappa shape index (κ2) is 5.17. The summed E-state index contributed by atoms with van der Waals surface area (Å²) in [7, 11) is -3.52. The van der Waals surface area contributed by atoms with Crippen molar-refractivity contribution in [2.45, 2.75) is 30.7 Å². The fourth-order valence-corrected chi connectivity index (χ4v) is 4.25. The van der Waals surface area contributed by atoms with Gasteiger partial charge < -0.3 is 5.73 Å². The lowest BCUT2D eigenvalue weighted by molar-refractivity contribution is 0.316. The van der Waals surface area contributed by atoms with Crippen LogP contribution in [-0.4, -0.2) is 31.9 Å². The first-order chi connectivity index (χ1) is 8.41. The largest absolute Gasteiger partial charge is 0.327 e. The molecule has 0 bridgehead atoms. The van der Waals surface area contributed by atoms with Crippen molar-refractivity contribution in [3.63, 3.8) is 0 Å². The topological polar surface area (TPSA) is 63.4 Å². The van der Waals surface area contributed by atoms with Crippen LogP contribution in [0.15, 0.2) is 23.1 Å². The molecule has 1 aromatic rings. The van der Waals surface area contributed by atoms with E-state index in [1.54, 1.807) is 18.2 Å². The van der Waals surface area contributed by atoms with Gasteiger partial charge in [-0.05, 0) is 37.5 Å². The normalized spacial score (nSPS) is 22.1. The number of sulfonamides is 1. The van der Waals surface area contributed by atoms with Gasteiger partial charge in [-0.2, -0.15) is 4.31 Å². The summed E-state index contributed by atoms with van der Waals surface area (Å²) in [6.07, 6.45) is 1.66. The first-order valence-electron chi connectivity index (χ1n) is 5.93. The SMILES string of the molecule is Cc1ccc(S(=O)(=O)N2CCC[C@H](N)C2)c(Cl)c1. The number of hydrogen-bond donors (Lipinski definition) is 1. The van der Waals surface area contributed by atoms with E-state index >= 15 is 0 Å². The summed E-state index contributed by atoms with van der Waals surface area (Å²) in [5, 5.41) is 0.272. The van der Waals surface area contributed by atoms with Crippen LogP contribution in [0.4, 0.5) is 0 Å². The maximum atomic E-state index is 12.5. The summed E-state index contributed by atoms with van der Waals surface area (Å²) in [5.74, 6) is 0. The van der Waals surface area contributed by atoms with E-state index in [1.807, 2.05) is 6.92 Å². The van der Waals surface area contributed by atoms with E-state index in [1.165, 1.54) is 4.31 Å². The molecule has 100 valence electrons. The third-order valence-electron chi connectivity index (χ3n) is 3.13. The highest BCUT2D eigenvalue weighted by molar-refractivity contribution is 7.89. The fraction of sp³-hybridized carbons (Fsp3) is 0.500. The lowest BCUT2D eigenvalue weighted by Gasteiger charge is -2.30. The second-order valence-electron chi connectivity index (χ2n) is 4.70. The zero-order valence-corrected chi connectivity index (χ0v) is 11.8. The number of halogens is 1. The van der Waals surface area contributed by atoms with Gasteiger partial charge in [-0.1, -0.05) is 17.7 Å². The molecule has 1 atom stereocenters. The summed E-state index contributed by atoms with van der Waals surface area (Å²) in [5.41, 5.74) is 6.76. The van der Waals surface area contributed by atoms with Gasteiger partial charge >= 0.3 is 0 Å². The molecule has 0 saturated carbocycles. The maximum absolute atomic E-state index is 12.5. The van der Waals surface area contributed by atoms with E-state index in [0.29, 0.717) is 13.1 Å². The molecule has 1 saturated heterocycles. The number of nitrogens with two attached hydrogens (primary N) is 1. The smallest absolute Gasteiger partial charge is 0.244 e. The van der Waals surface area contributed by atoms with Crippen LogP contribution in [0.1, 0.15) is 18.4 Å². The molecule has 18 heavy (non-hydrogen) atoms.